The molecule has 224 valence electrons. The number of phenolic OH excluding ortho intramolecular Hbond substituents is 1. The van der Waals surface area contributed by atoms with Crippen LogP contribution in [0.5, 0.6) is 5.75 Å². The Morgan fingerprint density at radius 2 is 1.56 bits per heavy atom. The number of benzene rings is 4. The summed E-state index contributed by atoms with van der Waals surface area (Å²) in [5.41, 5.74) is 1.75. The summed E-state index contributed by atoms with van der Waals surface area (Å²) in [5.74, 6) is -0.784. The SMILES string of the molecule is CCN(C(=O)C(Cc1ccccc1)NC(=O)OC(C)(C)C)C(C(=O)Nc1ccc2ccccc2c1)c1ccc(O)c(C)c1. The fourth-order valence-electron chi connectivity index (χ4n) is 4.96. The molecule has 0 aliphatic heterocycles. The number of likely N-dealkylation sites (N-methyl/N-ethyl adjacent to an activating group) is 1. The van der Waals surface area contributed by atoms with Gasteiger partial charge in [-0.2, -0.15) is 0 Å². The Bertz CT molecular complexity index is 1600. The number of aromatic hydroxyl groups is 1. The number of fused-ring (bicyclic) bond motifs is 1. The fourth-order valence-corrected chi connectivity index (χ4v) is 4.96. The summed E-state index contributed by atoms with van der Waals surface area (Å²) >= 11 is 0. The molecule has 0 heterocycles. The quantitative estimate of drug-likeness (QED) is 0.209. The third kappa shape index (κ3) is 8.13. The minimum atomic E-state index is -1.05. The molecule has 0 aliphatic carbocycles. The number of carbonyl (C=O) groups excluding carboxylic acids is 3. The molecular formula is C35H39N3O5. The molecule has 3 amide bonds. The van der Waals surface area contributed by atoms with Gasteiger partial charge in [0.2, 0.25) is 5.91 Å². The number of rotatable bonds is 9. The molecule has 2 unspecified atom stereocenters. The number of phenols is 1. The highest BCUT2D eigenvalue weighted by Gasteiger charge is 2.36. The van der Waals surface area contributed by atoms with E-state index in [-0.39, 0.29) is 18.7 Å². The molecule has 4 aromatic rings. The molecule has 0 spiro atoms. The van der Waals surface area contributed by atoms with Gasteiger partial charge >= 0.3 is 6.09 Å². The molecule has 0 saturated carbocycles. The van der Waals surface area contributed by atoms with Crippen molar-refractivity contribution >= 4 is 34.4 Å². The van der Waals surface area contributed by atoms with E-state index in [0.29, 0.717) is 16.8 Å². The molecule has 2 atom stereocenters. The largest absolute Gasteiger partial charge is 0.508 e. The number of aryl methyl sites for hydroxylation is 1. The van der Waals surface area contributed by atoms with Crippen molar-refractivity contribution in [1.82, 2.24) is 10.2 Å². The van der Waals surface area contributed by atoms with Crippen LogP contribution in [0.15, 0.2) is 91.0 Å². The van der Waals surface area contributed by atoms with E-state index in [1.54, 1.807) is 46.8 Å². The van der Waals surface area contributed by atoms with Crippen molar-refractivity contribution in [2.45, 2.75) is 58.7 Å². The second-order valence-corrected chi connectivity index (χ2v) is 11.5. The van der Waals surface area contributed by atoms with Crippen LogP contribution in [0.1, 0.15) is 50.4 Å². The first-order valence-electron chi connectivity index (χ1n) is 14.4. The Hall–Kier alpha value is -4.85. The molecule has 0 fully saturated rings. The molecule has 43 heavy (non-hydrogen) atoms. The molecule has 8 heteroatoms. The molecule has 4 aromatic carbocycles. The lowest BCUT2D eigenvalue weighted by Crippen LogP contribution is -2.53. The van der Waals surface area contributed by atoms with E-state index in [1.165, 1.54) is 11.0 Å². The van der Waals surface area contributed by atoms with Crippen molar-refractivity contribution in [1.29, 1.82) is 0 Å². The van der Waals surface area contributed by atoms with Gasteiger partial charge in [0.25, 0.3) is 5.91 Å². The van der Waals surface area contributed by atoms with Gasteiger partial charge in [-0.25, -0.2) is 4.79 Å². The standard InChI is InChI=1S/C35H39N3O5/c1-6-38(33(41)29(21-24-12-8-7-9-13-24)37-34(42)43-35(3,4)5)31(27-17-19-30(39)23(2)20-27)32(40)36-28-18-16-25-14-10-11-15-26(25)22-28/h7-20,22,29,31,39H,6,21H2,1-5H3,(H,36,40)(H,37,42). The first kappa shape index (κ1) is 31.1. The van der Waals surface area contributed by atoms with Crippen LogP contribution in [-0.4, -0.2) is 46.1 Å². The fraction of sp³-hybridized carbons (Fsp3) is 0.286. The summed E-state index contributed by atoms with van der Waals surface area (Å²) in [6.45, 7) is 8.94. The van der Waals surface area contributed by atoms with Crippen molar-refractivity contribution in [3.05, 3.63) is 108 Å². The van der Waals surface area contributed by atoms with Crippen molar-refractivity contribution in [3.8, 4) is 5.75 Å². The van der Waals surface area contributed by atoms with Gasteiger partial charge in [-0.3, -0.25) is 9.59 Å². The van der Waals surface area contributed by atoms with Gasteiger partial charge in [-0.05, 0) is 86.3 Å². The second kappa shape index (κ2) is 13.4. The number of alkyl carbamates (subject to hydrolysis) is 1. The average molecular weight is 582 g/mol. The molecule has 0 bridgehead atoms. The lowest BCUT2D eigenvalue weighted by atomic mass is 9.98. The van der Waals surface area contributed by atoms with Gasteiger partial charge < -0.3 is 25.4 Å². The highest BCUT2D eigenvalue weighted by atomic mass is 16.6. The van der Waals surface area contributed by atoms with Crippen LogP contribution < -0.4 is 10.6 Å². The molecule has 0 aromatic heterocycles. The van der Waals surface area contributed by atoms with Crippen molar-refractivity contribution in [2.24, 2.45) is 0 Å². The van der Waals surface area contributed by atoms with Crippen LogP contribution >= 0.6 is 0 Å². The van der Waals surface area contributed by atoms with Crippen LogP contribution in [0, 0.1) is 6.92 Å². The number of anilines is 1. The van der Waals surface area contributed by atoms with Gasteiger partial charge in [0.05, 0.1) is 0 Å². The van der Waals surface area contributed by atoms with Crippen LogP contribution in [0.4, 0.5) is 10.5 Å². The summed E-state index contributed by atoms with van der Waals surface area (Å²) in [5, 5.41) is 17.9. The Kier molecular flexibility index (Phi) is 9.70. The maximum absolute atomic E-state index is 14.3. The number of carbonyl (C=O) groups is 3. The van der Waals surface area contributed by atoms with Gasteiger partial charge in [0.1, 0.15) is 23.4 Å². The minimum Gasteiger partial charge on any atom is -0.508 e. The van der Waals surface area contributed by atoms with E-state index in [0.717, 1.165) is 16.3 Å². The highest BCUT2D eigenvalue weighted by molar-refractivity contribution is 6.00. The molecular weight excluding hydrogens is 542 g/mol. The number of nitrogens with one attached hydrogen (secondary N) is 2. The predicted octanol–water partition coefficient (Wildman–Crippen LogP) is 6.52. The zero-order valence-corrected chi connectivity index (χ0v) is 25.3. The smallest absolute Gasteiger partial charge is 0.408 e. The summed E-state index contributed by atoms with van der Waals surface area (Å²) in [6, 6.07) is 25.6. The van der Waals surface area contributed by atoms with E-state index in [1.807, 2.05) is 72.8 Å². The molecule has 3 N–H and O–H groups in total. The van der Waals surface area contributed by atoms with E-state index in [2.05, 4.69) is 10.6 Å². The number of amides is 3. The number of ether oxygens (including phenoxy) is 1. The maximum Gasteiger partial charge on any atom is 0.408 e. The summed E-state index contributed by atoms with van der Waals surface area (Å²) in [7, 11) is 0. The van der Waals surface area contributed by atoms with Crippen LogP contribution in [-0.2, 0) is 20.7 Å². The molecule has 0 saturated heterocycles. The van der Waals surface area contributed by atoms with Crippen molar-refractivity contribution in [2.75, 3.05) is 11.9 Å². The lowest BCUT2D eigenvalue weighted by molar-refractivity contribution is -0.140. The van der Waals surface area contributed by atoms with E-state index >= 15 is 0 Å². The van der Waals surface area contributed by atoms with Crippen LogP contribution in [0.25, 0.3) is 10.8 Å². The highest BCUT2D eigenvalue weighted by Crippen LogP contribution is 2.29. The van der Waals surface area contributed by atoms with E-state index in [4.69, 9.17) is 4.74 Å². The van der Waals surface area contributed by atoms with E-state index in [9.17, 15) is 19.5 Å². The molecule has 4 rings (SSSR count). The Morgan fingerprint density at radius 3 is 2.21 bits per heavy atom. The average Bonchev–Trinajstić information content (AvgIpc) is 2.96. The van der Waals surface area contributed by atoms with Gasteiger partial charge in [-0.1, -0.05) is 66.7 Å². The van der Waals surface area contributed by atoms with Crippen LogP contribution in [0.3, 0.4) is 0 Å². The first-order valence-corrected chi connectivity index (χ1v) is 14.4. The lowest BCUT2D eigenvalue weighted by Gasteiger charge is -2.34. The molecule has 0 radical (unpaired) electrons. The monoisotopic (exact) mass is 581 g/mol. The molecule has 0 aliphatic rings. The van der Waals surface area contributed by atoms with Crippen molar-refractivity contribution < 1.29 is 24.2 Å². The Balaban J connectivity index is 1.71. The zero-order valence-electron chi connectivity index (χ0n) is 25.3. The van der Waals surface area contributed by atoms with Gasteiger partial charge in [0.15, 0.2) is 0 Å². The topological polar surface area (TPSA) is 108 Å². The van der Waals surface area contributed by atoms with Gasteiger partial charge in [-0.15, -0.1) is 0 Å². The number of hydrogen-bond donors (Lipinski definition) is 3. The third-order valence-electron chi connectivity index (χ3n) is 7.01. The Labute approximate surface area is 252 Å². The number of nitrogens with zero attached hydrogens (tertiary/aromatic N) is 1. The second-order valence-electron chi connectivity index (χ2n) is 11.5. The summed E-state index contributed by atoms with van der Waals surface area (Å²) < 4.78 is 5.48. The molecule has 8 nitrogen and oxygen atoms in total. The minimum absolute atomic E-state index is 0.0837. The third-order valence-corrected chi connectivity index (χ3v) is 7.01. The summed E-state index contributed by atoms with van der Waals surface area (Å²) in [6.07, 6.45) is -0.529. The normalized spacial score (nSPS) is 12.7. The Morgan fingerprint density at radius 1 is 0.884 bits per heavy atom. The number of hydrogen-bond acceptors (Lipinski definition) is 5. The maximum atomic E-state index is 14.3. The van der Waals surface area contributed by atoms with Crippen LogP contribution in [0.2, 0.25) is 0 Å². The van der Waals surface area contributed by atoms with Gasteiger partial charge in [0, 0.05) is 18.7 Å². The van der Waals surface area contributed by atoms with Crippen molar-refractivity contribution in [3.63, 3.8) is 0 Å². The zero-order chi connectivity index (χ0) is 31.1. The predicted molar refractivity (Wildman–Crippen MR) is 169 cm³/mol. The first-order chi connectivity index (χ1) is 20.4. The summed E-state index contributed by atoms with van der Waals surface area (Å²) in [4.78, 5) is 42.7. The van der Waals surface area contributed by atoms with E-state index < -0.39 is 35.6 Å².